The molecule has 1 aliphatic rings. The van der Waals surface area contributed by atoms with E-state index in [0.717, 1.165) is 41.0 Å². The Morgan fingerprint density at radius 2 is 2.07 bits per heavy atom. The van der Waals surface area contributed by atoms with Crippen LogP contribution in [0, 0.1) is 13.8 Å². The molecule has 0 spiro atoms. The molecule has 1 saturated carbocycles. The normalized spacial score (nSPS) is 14.9. The highest BCUT2D eigenvalue weighted by Crippen LogP contribution is 2.31. The van der Waals surface area contributed by atoms with Crippen LogP contribution in [0.2, 0.25) is 0 Å². The van der Waals surface area contributed by atoms with E-state index in [1.807, 2.05) is 66.2 Å². The number of H-pyrrole nitrogens is 1. The lowest BCUT2D eigenvalue weighted by atomic mass is 10.0. The quantitative estimate of drug-likeness (QED) is 0.702. The molecule has 2 heterocycles. The highest BCUT2D eigenvalue weighted by Gasteiger charge is 2.36. The minimum Gasteiger partial charge on any atom is -0.334 e. The van der Waals surface area contributed by atoms with Crippen LogP contribution in [0.3, 0.4) is 0 Å². The number of rotatable bonds is 6. The third-order valence-corrected chi connectivity index (χ3v) is 5.04. The Balaban J connectivity index is 1.54. The minimum absolute atomic E-state index is 0.0578. The van der Waals surface area contributed by atoms with Crippen LogP contribution in [0.25, 0.3) is 5.69 Å². The van der Waals surface area contributed by atoms with E-state index in [1.54, 1.807) is 0 Å². The second-order valence-electron chi connectivity index (χ2n) is 7.15. The van der Waals surface area contributed by atoms with Crippen molar-refractivity contribution in [3.63, 3.8) is 0 Å². The largest absolute Gasteiger partial charge is 0.334 e. The van der Waals surface area contributed by atoms with Gasteiger partial charge in [0.1, 0.15) is 6.04 Å². The van der Waals surface area contributed by atoms with Gasteiger partial charge in [-0.3, -0.25) is 9.89 Å². The molecule has 27 heavy (non-hydrogen) atoms. The summed E-state index contributed by atoms with van der Waals surface area (Å²) >= 11 is 0. The smallest absolute Gasteiger partial charge is 0.244 e. The molecule has 1 amide bonds. The fraction of sp³-hybridized carbons (Fsp3) is 0.350. The van der Waals surface area contributed by atoms with Crippen molar-refractivity contribution in [3.8, 4) is 5.69 Å². The van der Waals surface area contributed by atoms with E-state index in [9.17, 15) is 4.79 Å². The Hall–Kier alpha value is -2.93. The number of nitrogens with two attached hydrogens (primary N) is 1. The van der Waals surface area contributed by atoms with Gasteiger partial charge in [-0.1, -0.05) is 18.2 Å². The number of hydrogen-bond acceptors (Lipinski definition) is 4. The molecular weight excluding hydrogens is 340 g/mol. The molecule has 1 atom stereocenters. The van der Waals surface area contributed by atoms with Gasteiger partial charge >= 0.3 is 0 Å². The maximum absolute atomic E-state index is 13.1. The van der Waals surface area contributed by atoms with Gasteiger partial charge in [0.05, 0.1) is 17.6 Å². The monoisotopic (exact) mass is 364 g/mol. The maximum Gasteiger partial charge on any atom is 0.244 e. The lowest BCUT2D eigenvalue weighted by Crippen LogP contribution is -2.39. The number of hydrogen-bond donors (Lipinski definition) is 2. The molecular formula is C20H24N6O. The van der Waals surface area contributed by atoms with Gasteiger partial charge in [0.2, 0.25) is 5.91 Å². The molecule has 3 N–H and O–H groups in total. The zero-order valence-electron chi connectivity index (χ0n) is 15.6. The van der Waals surface area contributed by atoms with Crippen molar-refractivity contribution < 1.29 is 4.79 Å². The van der Waals surface area contributed by atoms with E-state index in [-0.39, 0.29) is 11.9 Å². The molecule has 0 radical (unpaired) electrons. The van der Waals surface area contributed by atoms with Gasteiger partial charge in [0, 0.05) is 35.6 Å². The molecule has 1 fully saturated rings. The van der Waals surface area contributed by atoms with Crippen LogP contribution in [-0.4, -0.2) is 36.8 Å². The Bertz CT molecular complexity index is 921. The molecule has 3 aromatic rings. The minimum atomic E-state index is -0.700. The van der Waals surface area contributed by atoms with Gasteiger partial charge in [-0.2, -0.15) is 10.2 Å². The molecule has 7 nitrogen and oxygen atoms in total. The number of nitrogens with one attached hydrogen (secondary N) is 1. The highest BCUT2D eigenvalue weighted by atomic mass is 16.2. The van der Waals surface area contributed by atoms with Crippen molar-refractivity contribution in [2.45, 2.75) is 45.3 Å². The van der Waals surface area contributed by atoms with Crippen LogP contribution in [-0.2, 0) is 11.3 Å². The third kappa shape index (κ3) is 3.50. The van der Waals surface area contributed by atoms with E-state index in [2.05, 4.69) is 15.3 Å². The summed E-state index contributed by atoms with van der Waals surface area (Å²) < 4.78 is 1.83. The van der Waals surface area contributed by atoms with Gasteiger partial charge in [0.25, 0.3) is 0 Å². The summed E-state index contributed by atoms with van der Waals surface area (Å²) in [6.45, 7) is 4.28. The van der Waals surface area contributed by atoms with E-state index < -0.39 is 6.04 Å². The number of aromatic nitrogens is 4. The standard InChI is InChI=1S/C20H24N6O/c1-13-18(14(2)24-23-13)19(21)20(27)25(16-8-9-16)11-15-10-22-26(12-15)17-6-4-3-5-7-17/h3-7,10,12,16,19H,8-9,11,21H2,1-2H3,(H,23,24)/t19-/m1/s1. The third-order valence-electron chi connectivity index (χ3n) is 5.04. The number of nitrogens with zero attached hydrogens (tertiary/aromatic N) is 4. The zero-order valence-corrected chi connectivity index (χ0v) is 15.6. The molecule has 2 aromatic heterocycles. The van der Waals surface area contributed by atoms with E-state index in [1.165, 1.54) is 0 Å². The molecule has 140 valence electrons. The van der Waals surface area contributed by atoms with Crippen LogP contribution in [0.4, 0.5) is 0 Å². The predicted molar refractivity (Wildman–Crippen MR) is 102 cm³/mol. The number of benzene rings is 1. The Labute approximate surface area is 158 Å². The van der Waals surface area contributed by atoms with Crippen LogP contribution in [0.5, 0.6) is 0 Å². The second-order valence-corrected chi connectivity index (χ2v) is 7.15. The fourth-order valence-corrected chi connectivity index (χ4v) is 3.45. The van der Waals surface area contributed by atoms with Gasteiger partial charge in [-0.25, -0.2) is 4.68 Å². The topological polar surface area (TPSA) is 92.8 Å². The van der Waals surface area contributed by atoms with Crippen LogP contribution >= 0.6 is 0 Å². The average Bonchev–Trinajstić information content (AvgIpc) is 3.32. The SMILES string of the molecule is Cc1n[nH]c(C)c1[C@@H](N)C(=O)N(Cc1cnn(-c2ccccc2)c1)C1CC1. The van der Waals surface area contributed by atoms with E-state index in [4.69, 9.17) is 5.73 Å². The molecule has 0 aliphatic heterocycles. The number of para-hydroxylation sites is 1. The lowest BCUT2D eigenvalue weighted by Gasteiger charge is -2.25. The van der Waals surface area contributed by atoms with Crippen molar-refractivity contribution in [2.75, 3.05) is 0 Å². The van der Waals surface area contributed by atoms with Gasteiger partial charge in [-0.15, -0.1) is 0 Å². The summed E-state index contributed by atoms with van der Waals surface area (Å²) in [5, 5.41) is 11.5. The maximum atomic E-state index is 13.1. The number of aromatic amines is 1. The summed E-state index contributed by atoms with van der Waals surface area (Å²) in [6.07, 6.45) is 5.83. The first-order chi connectivity index (χ1) is 13.0. The Kier molecular flexibility index (Phi) is 4.53. The van der Waals surface area contributed by atoms with Crippen molar-refractivity contribution >= 4 is 5.91 Å². The summed E-state index contributed by atoms with van der Waals surface area (Å²) in [6, 6.07) is 9.49. The predicted octanol–water partition coefficient (Wildman–Crippen LogP) is 2.40. The van der Waals surface area contributed by atoms with Crippen molar-refractivity contribution in [3.05, 3.63) is 65.2 Å². The second kappa shape index (κ2) is 7.00. The Morgan fingerprint density at radius 3 is 2.70 bits per heavy atom. The Morgan fingerprint density at radius 1 is 1.33 bits per heavy atom. The summed E-state index contributed by atoms with van der Waals surface area (Å²) in [4.78, 5) is 15.0. The number of carbonyl (C=O) groups is 1. The van der Waals surface area contributed by atoms with Crippen molar-refractivity contribution in [1.82, 2.24) is 24.9 Å². The number of aryl methyl sites for hydroxylation is 2. The first-order valence-corrected chi connectivity index (χ1v) is 9.21. The van der Waals surface area contributed by atoms with Crippen LogP contribution in [0.15, 0.2) is 42.7 Å². The molecule has 1 aliphatic carbocycles. The summed E-state index contributed by atoms with van der Waals surface area (Å²) in [7, 11) is 0. The van der Waals surface area contributed by atoms with Crippen LogP contribution in [0.1, 0.15) is 41.4 Å². The molecule has 4 rings (SSSR count). The zero-order chi connectivity index (χ0) is 19.0. The van der Waals surface area contributed by atoms with Gasteiger partial charge in [0.15, 0.2) is 0 Å². The molecule has 0 saturated heterocycles. The first kappa shape index (κ1) is 17.5. The molecule has 1 aromatic carbocycles. The average molecular weight is 364 g/mol. The van der Waals surface area contributed by atoms with Gasteiger partial charge in [-0.05, 0) is 38.8 Å². The van der Waals surface area contributed by atoms with E-state index in [0.29, 0.717) is 6.54 Å². The van der Waals surface area contributed by atoms with Crippen molar-refractivity contribution in [2.24, 2.45) is 5.73 Å². The summed E-state index contributed by atoms with van der Waals surface area (Å²) in [5.74, 6) is -0.0578. The first-order valence-electron chi connectivity index (χ1n) is 9.21. The van der Waals surface area contributed by atoms with Crippen LogP contribution < -0.4 is 5.73 Å². The molecule has 0 unspecified atom stereocenters. The lowest BCUT2D eigenvalue weighted by molar-refractivity contribution is -0.134. The number of amides is 1. The number of carbonyl (C=O) groups excluding carboxylic acids is 1. The molecule has 0 bridgehead atoms. The highest BCUT2D eigenvalue weighted by molar-refractivity contribution is 5.84. The van der Waals surface area contributed by atoms with E-state index >= 15 is 0 Å². The fourth-order valence-electron chi connectivity index (χ4n) is 3.45. The van der Waals surface area contributed by atoms with Crippen molar-refractivity contribution in [1.29, 1.82) is 0 Å². The summed E-state index contributed by atoms with van der Waals surface area (Å²) in [5.41, 5.74) is 10.7. The van der Waals surface area contributed by atoms with Gasteiger partial charge < -0.3 is 10.6 Å². The molecule has 7 heteroatoms.